The molecule has 1 aromatic heterocycles. The van der Waals surface area contributed by atoms with E-state index in [4.69, 9.17) is 10.5 Å². The quantitative estimate of drug-likeness (QED) is 0.782. The van der Waals surface area contributed by atoms with E-state index in [0.717, 1.165) is 11.3 Å². The second kappa shape index (κ2) is 3.35. The number of aryl methyl sites for hydroxylation is 1. The van der Waals surface area contributed by atoms with Crippen molar-refractivity contribution in [1.29, 1.82) is 0 Å². The lowest BCUT2D eigenvalue weighted by molar-refractivity contribution is 0.410. The average Bonchev–Trinajstić information content (AvgIpc) is 2.59. The Labute approximate surface area is 83.1 Å². The molecular weight excluding hydrogens is 176 g/mol. The van der Waals surface area contributed by atoms with Gasteiger partial charge in [0.05, 0.1) is 7.11 Å². The number of fused-ring (bicyclic) bond motifs is 1. The van der Waals surface area contributed by atoms with Crippen molar-refractivity contribution in [2.45, 2.75) is 6.54 Å². The minimum absolute atomic E-state index is 0.504. The molecule has 0 amide bonds. The topological polar surface area (TPSA) is 40.2 Å². The number of nitrogens with two attached hydrogens (primary N) is 1. The Morgan fingerprint density at radius 2 is 2.14 bits per heavy atom. The van der Waals surface area contributed by atoms with Crippen molar-refractivity contribution in [3.05, 3.63) is 30.0 Å². The zero-order chi connectivity index (χ0) is 10.1. The van der Waals surface area contributed by atoms with Crippen molar-refractivity contribution >= 4 is 10.9 Å². The molecule has 3 heteroatoms. The molecule has 14 heavy (non-hydrogen) atoms. The van der Waals surface area contributed by atoms with E-state index in [1.807, 2.05) is 25.4 Å². The molecule has 2 N–H and O–H groups in total. The summed E-state index contributed by atoms with van der Waals surface area (Å²) in [5, 5.41) is 1.18. The van der Waals surface area contributed by atoms with Crippen LogP contribution in [0.15, 0.2) is 24.4 Å². The lowest BCUT2D eigenvalue weighted by Gasteiger charge is -2.08. The van der Waals surface area contributed by atoms with Crippen LogP contribution in [0.3, 0.4) is 0 Å². The molecule has 0 saturated heterocycles. The van der Waals surface area contributed by atoms with Gasteiger partial charge in [0.2, 0.25) is 0 Å². The van der Waals surface area contributed by atoms with Crippen LogP contribution in [0.1, 0.15) is 5.56 Å². The number of rotatable bonds is 2. The van der Waals surface area contributed by atoms with Crippen LogP contribution in [0, 0.1) is 0 Å². The summed E-state index contributed by atoms with van der Waals surface area (Å²) in [6.45, 7) is 0.504. The molecule has 2 rings (SSSR count). The van der Waals surface area contributed by atoms with Crippen LogP contribution in [-0.4, -0.2) is 11.7 Å². The van der Waals surface area contributed by atoms with Gasteiger partial charge in [0.15, 0.2) is 0 Å². The van der Waals surface area contributed by atoms with Crippen LogP contribution in [0.5, 0.6) is 5.75 Å². The van der Waals surface area contributed by atoms with Crippen LogP contribution in [0.4, 0.5) is 0 Å². The van der Waals surface area contributed by atoms with Gasteiger partial charge in [-0.1, -0.05) is 0 Å². The zero-order valence-electron chi connectivity index (χ0n) is 8.45. The SMILES string of the molecule is COc1ccc2c(ccn2C)c1CN. The Morgan fingerprint density at radius 3 is 2.79 bits per heavy atom. The maximum absolute atomic E-state index is 5.71. The highest BCUT2D eigenvalue weighted by Gasteiger charge is 2.08. The van der Waals surface area contributed by atoms with E-state index in [1.165, 1.54) is 10.9 Å². The van der Waals surface area contributed by atoms with E-state index < -0.39 is 0 Å². The summed E-state index contributed by atoms with van der Waals surface area (Å²) in [4.78, 5) is 0. The number of hydrogen-bond donors (Lipinski definition) is 1. The van der Waals surface area contributed by atoms with E-state index in [-0.39, 0.29) is 0 Å². The van der Waals surface area contributed by atoms with Crippen molar-refractivity contribution in [3.8, 4) is 5.75 Å². The maximum atomic E-state index is 5.71. The van der Waals surface area contributed by atoms with E-state index in [1.54, 1.807) is 7.11 Å². The van der Waals surface area contributed by atoms with Gasteiger partial charge in [-0.3, -0.25) is 0 Å². The fourth-order valence-electron chi connectivity index (χ4n) is 1.79. The van der Waals surface area contributed by atoms with Gasteiger partial charge in [-0.15, -0.1) is 0 Å². The van der Waals surface area contributed by atoms with Crippen LogP contribution in [-0.2, 0) is 13.6 Å². The molecule has 1 aromatic carbocycles. The normalized spacial score (nSPS) is 10.8. The Hall–Kier alpha value is -1.48. The number of benzene rings is 1. The summed E-state index contributed by atoms with van der Waals surface area (Å²) in [7, 11) is 3.69. The van der Waals surface area contributed by atoms with Gasteiger partial charge in [0, 0.05) is 36.3 Å². The fraction of sp³-hybridized carbons (Fsp3) is 0.273. The average molecular weight is 190 g/mol. The van der Waals surface area contributed by atoms with Crippen LogP contribution in [0.25, 0.3) is 10.9 Å². The van der Waals surface area contributed by atoms with Crippen LogP contribution < -0.4 is 10.5 Å². The summed E-state index contributed by atoms with van der Waals surface area (Å²) in [5.74, 6) is 0.867. The number of ether oxygens (including phenoxy) is 1. The molecule has 0 atom stereocenters. The molecule has 0 bridgehead atoms. The molecule has 0 radical (unpaired) electrons. The van der Waals surface area contributed by atoms with Crippen molar-refractivity contribution < 1.29 is 4.74 Å². The molecule has 0 saturated carbocycles. The summed E-state index contributed by atoms with van der Waals surface area (Å²) in [6.07, 6.45) is 2.03. The Bertz CT molecular complexity index is 460. The maximum Gasteiger partial charge on any atom is 0.124 e. The first kappa shape index (κ1) is 9.09. The van der Waals surface area contributed by atoms with Crippen molar-refractivity contribution in [2.75, 3.05) is 7.11 Å². The van der Waals surface area contributed by atoms with Crippen LogP contribution >= 0.6 is 0 Å². The molecule has 0 aliphatic heterocycles. The highest BCUT2D eigenvalue weighted by atomic mass is 16.5. The smallest absolute Gasteiger partial charge is 0.124 e. The first-order chi connectivity index (χ1) is 6.77. The van der Waals surface area contributed by atoms with E-state index >= 15 is 0 Å². The standard InChI is InChI=1S/C11H14N2O/c1-13-6-5-8-9(7-12)11(14-2)4-3-10(8)13/h3-6H,7,12H2,1-2H3. The fourth-order valence-corrected chi connectivity index (χ4v) is 1.79. The molecule has 0 spiro atoms. The zero-order valence-corrected chi connectivity index (χ0v) is 8.45. The summed E-state index contributed by atoms with van der Waals surface area (Å²) >= 11 is 0. The third kappa shape index (κ3) is 1.17. The van der Waals surface area contributed by atoms with Gasteiger partial charge in [-0.2, -0.15) is 0 Å². The second-order valence-corrected chi connectivity index (χ2v) is 3.31. The molecule has 2 aromatic rings. The molecule has 0 aliphatic rings. The summed E-state index contributed by atoms with van der Waals surface area (Å²) in [5.41, 5.74) is 7.97. The molecule has 0 fully saturated rings. The van der Waals surface area contributed by atoms with Crippen LogP contribution in [0.2, 0.25) is 0 Å². The highest BCUT2D eigenvalue weighted by Crippen LogP contribution is 2.27. The molecule has 0 unspecified atom stereocenters. The molecule has 74 valence electrons. The lowest BCUT2D eigenvalue weighted by Crippen LogP contribution is -2.00. The predicted octanol–water partition coefficient (Wildman–Crippen LogP) is 1.65. The van der Waals surface area contributed by atoms with E-state index in [0.29, 0.717) is 6.54 Å². The van der Waals surface area contributed by atoms with Gasteiger partial charge in [-0.05, 0) is 18.2 Å². The second-order valence-electron chi connectivity index (χ2n) is 3.31. The number of methoxy groups -OCH3 is 1. The monoisotopic (exact) mass is 190 g/mol. The van der Waals surface area contributed by atoms with Gasteiger partial charge >= 0.3 is 0 Å². The van der Waals surface area contributed by atoms with Gasteiger partial charge in [-0.25, -0.2) is 0 Å². The predicted molar refractivity (Wildman–Crippen MR) is 57.4 cm³/mol. The first-order valence-electron chi connectivity index (χ1n) is 4.59. The minimum Gasteiger partial charge on any atom is -0.496 e. The van der Waals surface area contributed by atoms with E-state index in [9.17, 15) is 0 Å². The van der Waals surface area contributed by atoms with Gasteiger partial charge in [0.1, 0.15) is 5.75 Å². The summed E-state index contributed by atoms with van der Waals surface area (Å²) < 4.78 is 7.34. The first-order valence-corrected chi connectivity index (χ1v) is 4.59. The van der Waals surface area contributed by atoms with Crippen molar-refractivity contribution in [1.82, 2.24) is 4.57 Å². The largest absolute Gasteiger partial charge is 0.496 e. The molecule has 1 heterocycles. The minimum atomic E-state index is 0.504. The third-order valence-corrected chi connectivity index (χ3v) is 2.56. The number of aromatic nitrogens is 1. The number of hydrogen-bond acceptors (Lipinski definition) is 2. The van der Waals surface area contributed by atoms with Crippen molar-refractivity contribution in [2.24, 2.45) is 12.8 Å². The van der Waals surface area contributed by atoms with Crippen molar-refractivity contribution in [3.63, 3.8) is 0 Å². The van der Waals surface area contributed by atoms with Gasteiger partial charge in [0.25, 0.3) is 0 Å². The van der Waals surface area contributed by atoms with E-state index in [2.05, 4.69) is 10.6 Å². The summed E-state index contributed by atoms with van der Waals surface area (Å²) in [6, 6.07) is 6.08. The Kier molecular flexibility index (Phi) is 2.17. The number of nitrogens with zero attached hydrogens (tertiary/aromatic N) is 1. The highest BCUT2D eigenvalue weighted by molar-refractivity contribution is 5.85. The Balaban J connectivity index is 2.77. The third-order valence-electron chi connectivity index (χ3n) is 2.56. The molecule has 3 nitrogen and oxygen atoms in total. The van der Waals surface area contributed by atoms with Gasteiger partial charge < -0.3 is 15.0 Å². The molecule has 0 aliphatic carbocycles. The lowest BCUT2D eigenvalue weighted by atomic mass is 10.1. The molecular formula is C11H14N2O. The Morgan fingerprint density at radius 1 is 1.36 bits per heavy atom.